The van der Waals surface area contributed by atoms with Gasteiger partial charge in [-0.05, 0) is 6.08 Å². The first kappa shape index (κ1) is 13.5. The Balaban J connectivity index is 1.78. The van der Waals surface area contributed by atoms with Gasteiger partial charge in [-0.15, -0.1) is 0 Å². The van der Waals surface area contributed by atoms with Crippen LogP contribution in [-0.4, -0.2) is 38.5 Å². The van der Waals surface area contributed by atoms with Gasteiger partial charge in [-0.1, -0.05) is 30.3 Å². The fourth-order valence-electron chi connectivity index (χ4n) is 2.39. The minimum atomic E-state index is -0.644. The molecule has 1 fully saturated rings. The van der Waals surface area contributed by atoms with Gasteiger partial charge in [0.05, 0.1) is 6.61 Å². The van der Waals surface area contributed by atoms with Crippen LogP contribution in [-0.2, 0) is 23.7 Å². The fourth-order valence-corrected chi connectivity index (χ4v) is 2.39. The molecule has 0 aromatic heterocycles. The summed E-state index contributed by atoms with van der Waals surface area (Å²) in [7, 11) is 1.50. The van der Waals surface area contributed by atoms with E-state index in [2.05, 4.69) is 0 Å². The summed E-state index contributed by atoms with van der Waals surface area (Å²) in [5, 5.41) is 0. The van der Waals surface area contributed by atoms with Crippen LogP contribution in [0.2, 0.25) is 0 Å². The van der Waals surface area contributed by atoms with Crippen molar-refractivity contribution in [3.8, 4) is 0 Å². The molecule has 1 unspecified atom stereocenters. The van der Waals surface area contributed by atoms with Crippen molar-refractivity contribution in [1.82, 2.24) is 0 Å². The second-order valence-electron chi connectivity index (χ2n) is 4.70. The van der Waals surface area contributed by atoms with Crippen molar-refractivity contribution in [2.75, 3.05) is 13.7 Å². The van der Waals surface area contributed by atoms with Crippen LogP contribution in [0.15, 0.2) is 42.0 Å². The zero-order valence-electron chi connectivity index (χ0n) is 11.1. The van der Waals surface area contributed by atoms with E-state index < -0.39 is 12.6 Å². The summed E-state index contributed by atoms with van der Waals surface area (Å²) in [5.41, 5.74) is 1.39. The number of hydrogen-bond acceptors (Lipinski definition) is 5. The van der Waals surface area contributed by atoms with Gasteiger partial charge in [-0.2, -0.15) is 0 Å². The van der Waals surface area contributed by atoms with E-state index in [1.165, 1.54) is 7.11 Å². The van der Waals surface area contributed by atoms with Crippen molar-refractivity contribution in [3.63, 3.8) is 0 Å². The molecule has 0 saturated carbocycles. The SMILES string of the molecule is CO[C@H]1O[C@@H]2COC(c3ccccc3)O[C@H]2C=C1C=O. The third-order valence-corrected chi connectivity index (χ3v) is 3.41. The fraction of sp³-hybridized carbons (Fsp3) is 0.400. The lowest BCUT2D eigenvalue weighted by molar-refractivity contribution is -0.282. The lowest BCUT2D eigenvalue weighted by Gasteiger charge is -2.39. The van der Waals surface area contributed by atoms with E-state index in [4.69, 9.17) is 18.9 Å². The molecule has 106 valence electrons. The van der Waals surface area contributed by atoms with Crippen LogP contribution >= 0.6 is 0 Å². The van der Waals surface area contributed by atoms with Crippen LogP contribution in [0.4, 0.5) is 0 Å². The molecule has 2 heterocycles. The van der Waals surface area contributed by atoms with Gasteiger partial charge in [0.15, 0.2) is 18.9 Å². The molecular weight excluding hydrogens is 260 g/mol. The zero-order valence-corrected chi connectivity index (χ0v) is 11.1. The van der Waals surface area contributed by atoms with E-state index in [9.17, 15) is 4.79 Å². The molecule has 5 nitrogen and oxygen atoms in total. The minimum Gasteiger partial charge on any atom is -0.352 e. The largest absolute Gasteiger partial charge is 0.352 e. The van der Waals surface area contributed by atoms with E-state index in [1.807, 2.05) is 30.3 Å². The highest BCUT2D eigenvalue weighted by atomic mass is 16.7. The molecule has 1 aromatic carbocycles. The molecule has 1 saturated heterocycles. The highest BCUT2D eigenvalue weighted by Crippen LogP contribution is 2.32. The predicted molar refractivity (Wildman–Crippen MR) is 69.8 cm³/mol. The van der Waals surface area contributed by atoms with Gasteiger partial charge in [0.2, 0.25) is 0 Å². The van der Waals surface area contributed by atoms with Crippen molar-refractivity contribution < 1.29 is 23.7 Å². The maximum atomic E-state index is 11.0. The van der Waals surface area contributed by atoms with Crippen LogP contribution < -0.4 is 0 Å². The van der Waals surface area contributed by atoms with Gasteiger partial charge in [-0.3, -0.25) is 4.79 Å². The molecule has 0 spiro atoms. The molecule has 4 atom stereocenters. The van der Waals surface area contributed by atoms with Crippen LogP contribution in [0.5, 0.6) is 0 Å². The quantitative estimate of drug-likeness (QED) is 0.785. The average Bonchev–Trinajstić information content (AvgIpc) is 2.53. The molecule has 5 heteroatoms. The Labute approximate surface area is 117 Å². The van der Waals surface area contributed by atoms with E-state index >= 15 is 0 Å². The number of rotatable bonds is 3. The van der Waals surface area contributed by atoms with Crippen LogP contribution in [0, 0.1) is 0 Å². The first-order valence-corrected chi connectivity index (χ1v) is 6.49. The summed E-state index contributed by atoms with van der Waals surface area (Å²) in [6, 6.07) is 9.68. The molecule has 0 radical (unpaired) electrons. The first-order chi connectivity index (χ1) is 9.81. The smallest absolute Gasteiger partial charge is 0.186 e. The number of methoxy groups -OCH3 is 1. The highest BCUT2D eigenvalue weighted by molar-refractivity contribution is 5.74. The zero-order chi connectivity index (χ0) is 13.9. The number of carbonyl (C=O) groups is 1. The molecule has 0 bridgehead atoms. The Kier molecular flexibility index (Phi) is 3.93. The van der Waals surface area contributed by atoms with Crippen molar-refractivity contribution in [3.05, 3.63) is 47.5 Å². The van der Waals surface area contributed by atoms with Gasteiger partial charge < -0.3 is 18.9 Å². The van der Waals surface area contributed by atoms with Gasteiger partial charge in [0, 0.05) is 18.2 Å². The summed E-state index contributed by atoms with van der Waals surface area (Å²) < 4.78 is 22.3. The number of fused-ring (bicyclic) bond motifs is 1. The number of aldehydes is 1. The van der Waals surface area contributed by atoms with Crippen molar-refractivity contribution in [2.24, 2.45) is 0 Å². The summed E-state index contributed by atoms with van der Waals surface area (Å²) >= 11 is 0. The lowest BCUT2D eigenvalue weighted by atomic mass is 10.1. The summed E-state index contributed by atoms with van der Waals surface area (Å²) in [4.78, 5) is 11.0. The van der Waals surface area contributed by atoms with E-state index in [1.54, 1.807) is 6.08 Å². The molecule has 2 aliphatic rings. The summed E-state index contributed by atoms with van der Waals surface area (Å²) in [6.45, 7) is 0.396. The summed E-state index contributed by atoms with van der Waals surface area (Å²) in [5.74, 6) is 0. The Morgan fingerprint density at radius 1 is 1.25 bits per heavy atom. The second kappa shape index (κ2) is 5.85. The third-order valence-electron chi connectivity index (χ3n) is 3.41. The predicted octanol–water partition coefficient (Wildman–Crippen LogP) is 1.60. The normalized spacial score (nSPS) is 33.1. The molecule has 2 aliphatic heterocycles. The monoisotopic (exact) mass is 276 g/mol. The summed E-state index contributed by atoms with van der Waals surface area (Å²) in [6.07, 6.45) is 0.844. The van der Waals surface area contributed by atoms with Crippen LogP contribution in [0.3, 0.4) is 0 Å². The highest BCUT2D eigenvalue weighted by Gasteiger charge is 2.38. The minimum absolute atomic E-state index is 0.261. The molecule has 0 amide bonds. The second-order valence-corrected chi connectivity index (χ2v) is 4.70. The Morgan fingerprint density at radius 3 is 2.75 bits per heavy atom. The van der Waals surface area contributed by atoms with Gasteiger partial charge in [-0.25, -0.2) is 0 Å². The van der Waals surface area contributed by atoms with Crippen LogP contribution in [0.1, 0.15) is 11.9 Å². The van der Waals surface area contributed by atoms with Gasteiger partial charge in [0.25, 0.3) is 0 Å². The number of carbonyl (C=O) groups excluding carboxylic acids is 1. The molecule has 0 aliphatic carbocycles. The molecule has 0 N–H and O–H groups in total. The Morgan fingerprint density at radius 2 is 2.05 bits per heavy atom. The topological polar surface area (TPSA) is 54.0 Å². The number of ether oxygens (including phenoxy) is 4. The first-order valence-electron chi connectivity index (χ1n) is 6.49. The van der Waals surface area contributed by atoms with Gasteiger partial charge >= 0.3 is 0 Å². The molecular formula is C15H16O5. The Hall–Kier alpha value is -1.53. The molecule has 3 rings (SSSR count). The van der Waals surface area contributed by atoms with Crippen molar-refractivity contribution >= 4 is 6.29 Å². The van der Waals surface area contributed by atoms with Crippen molar-refractivity contribution in [2.45, 2.75) is 24.8 Å². The maximum Gasteiger partial charge on any atom is 0.186 e. The standard InChI is InChI=1S/C15H16O5/c1-17-14-11(8-16)7-12-13(20-14)9-18-15(19-12)10-5-3-2-4-6-10/h2-8,12-15H,9H2,1H3/t12-,13+,14-,15?/m0/s1. The van der Waals surface area contributed by atoms with E-state index in [0.717, 1.165) is 11.8 Å². The number of hydrogen-bond donors (Lipinski definition) is 0. The van der Waals surface area contributed by atoms with Crippen molar-refractivity contribution in [1.29, 1.82) is 0 Å². The number of benzene rings is 1. The Bertz CT molecular complexity index is 498. The molecule has 1 aromatic rings. The molecule has 20 heavy (non-hydrogen) atoms. The third kappa shape index (κ3) is 2.53. The van der Waals surface area contributed by atoms with Crippen LogP contribution in [0.25, 0.3) is 0 Å². The average molecular weight is 276 g/mol. The maximum absolute atomic E-state index is 11.0. The van der Waals surface area contributed by atoms with E-state index in [-0.39, 0.29) is 12.2 Å². The van der Waals surface area contributed by atoms with E-state index in [0.29, 0.717) is 12.2 Å². The lowest BCUT2D eigenvalue weighted by Crippen LogP contribution is -2.47. The van der Waals surface area contributed by atoms with Gasteiger partial charge in [0.1, 0.15) is 12.2 Å².